The Morgan fingerprint density at radius 3 is 2.18 bits per heavy atom. The van der Waals surface area contributed by atoms with Gasteiger partial charge in [-0.25, -0.2) is 0 Å². The van der Waals surface area contributed by atoms with Crippen molar-refractivity contribution in [3.63, 3.8) is 0 Å². The van der Waals surface area contributed by atoms with Crippen molar-refractivity contribution in [1.29, 1.82) is 0 Å². The first-order valence-corrected chi connectivity index (χ1v) is 3.44. The van der Waals surface area contributed by atoms with Crippen molar-refractivity contribution in [1.82, 2.24) is 0 Å². The Morgan fingerprint density at radius 1 is 1.64 bits per heavy atom. The fourth-order valence-electron chi connectivity index (χ4n) is 1.33. The Kier molecular flexibility index (Phi) is 1.62. The number of hydrogen-bond acceptors (Lipinski definition) is 3. The van der Waals surface area contributed by atoms with E-state index < -0.39 is 17.3 Å². The summed E-state index contributed by atoms with van der Waals surface area (Å²) in [6.45, 7) is 1.81. The topological polar surface area (TPSA) is 69.4 Å². The lowest BCUT2D eigenvalue weighted by molar-refractivity contribution is -0.151. The van der Waals surface area contributed by atoms with Crippen LogP contribution in [0, 0.1) is 11.3 Å². The van der Waals surface area contributed by atoms with Crippen LogP contribution in [0.3, 0.4) is 0 Å². The van der Waals surface area contributed by atoms with E-state index in [0.29, 0.717) is 6.42 Å². The number of carbonyl (C=O) groups excluding carboxylic acids is 2. The van der Waals surface area contributed by atoms with Gasteiger partial charge < -0.3 is 10.5 Å². The zero-order valence-corrected chi connectivity index (χ0v) is 6.59. The molecule has 0 aliphatic heterocycles. The second-order valence-corrected chi connectivity index (χ2v) is 2.93. The maximum atomic E-state index is 11.0. The second kappa shape index (κ2) is 2.22. The number of amides is 1. The molecule has 1 amide bonds. The second-order valence-electron chi connectivity index (χ2n) is 2.93. The third-order valence-electron chi connectivity index (χ3n) is 2.30. The van der Waals surface area contributed by atoms with Crippen LogP contribution in [0.5, 0.6) is 0 Å². The van der Waals surface area contributed by atoms with Crippen molar-refractivity contribution in [2.24, 2.45) is 17.1 Å². The molecule has 0 spiro atoms. The van der Waals surface area contributed by atoms with Crippen LogP contribution < -0.4 is 5.73 Å². The van der Waals surface area contributed by atoms with E-state index in [0.717, 1.165) is 0 Å². The maximum Gasteiger partial charge on any atom is 0.321 e. The largest absolute Gasteiger partial charge is 0.468 e. The summed E-state index contributed by atoms with van der Waals surface area (Å²) < 4.78 is 4.47. The van der Waals surface area contributed by atoms with Crippen LogP contribution in [-0.2, 0) is 14.3 Å². The molecule has 1 aliphatic rings. The Balaban J connectivity index is 2.80. The summed E-state index contributed by atoms with van der Waals surface area (Å²) >= 11 is 0. The average Bonchev–Trinajstić information content (AvgIpc) is 2.61. The van der Waals surface area contributed by atoms with Gasteiger partial charge in [-0.1, -0.05) is 6.92 Å². The minimum atomic E-state index is -1.01. The Bertz CT molecular complexity index is 214. The van der Waals surface area contributed by atoms with E-state index in [4.69, 9.17) is 5.73 Å². The van der Waals surface area contributed by atoms with E-state index in [1.54, 1.807) is 0 Å². The van der Waals surface area contributed by atoms with Crippen LogP contribution in [0.25, 0.3) is 0 Å². The lowest BCUT2D eigenvalue weighted by Crippen LogP contribution is -2.34. The Hall–Kier alpha value is -1.06. The molecule has 4 nitrogen and oxygen atoms in total. The molecule has 2 unspecified atom stereocenters. The third-order valence-corrected chi connectivity index (χ3v) is 2.30. The summed E-state index contributed by atoms with van der Waals surface area (Å²) in [5.41, 5.74) is 4.05. The summed E-state index contributed by atoms with van der Waals surface area (Å²) in [5.74, 6) is -1.04. The highest BCUT2D eigenvalue weighted by Crippen LogP contribution is 2.52. The normalized spacial score (nSPS) is 34.5. The van der Waals surface area contributed by atoms with Gasteiger partial charge in [0.2, 0.25) is 5.91 Å². The molecular formula is C7H11NO3. The molecule has 1 aliphatic carbocycles. The minimum absolute atomic E-state index is 0.0347. The van der Waals surface area contributed by atoms with Gasteiger partial charge in [0, 0.05) is 0 Å². The van der Waals surface area contributed by atoms with Crippen molar-refractivity contribution >= 4 is 11.9 Å². The van der Waals surface area contributed by atoms with Gasteiger partial charge >= 0.3 is 5.97 Å². The zero-order valence-electron chi connectivity index (χ0n) is 6.59. The van der Waals surface area contributed by atoms with Crippen LogP contribution >= 0.6 is 0 Å². The summed E-state index contributed by atoms with van der Waals surface area (Å²) in [5, 5.41) is 0. The van der Waals surface area contributed by atoms with Gasteiger partial charge in [-0.05, 0) is 12.3 Å². The molecular weight excluding hydrogens is 146 g/mol. The molecule has 1 fully saturated rings. The zero-order chi connectivity index (χ0) is 8.65. The third kappa shape index (κ3) is 0.895. The van der Waals surface area contributed by atoms with E-state index >= 15 is 0 Å². The molecule has 0 saturated heterocycles. The number of hydrogen-bond donors (Lipinski definition) is 1. The van der Waals surface area contributed by atoms with Crippen molar-refractivity contribution in [3.8, 4) is 0 Å². The molecule has 0 bridgehead atoms. The van der Waals surface area contributed by atoms with Gasteiger partial charge in [0.25, 0.3) is 0 Å². The molecule has 4 heteroatoms. The SMILES string of the molecule is COC(=O)C1(C(N)=O)CC1C. The van der Waals surface area contributed by atoms with Crippen LogP contribution in [-0.4, -0.2) is 19.0 Å². The fourth-order valence-corrected chi connectivity index (χ4v) is 1.33. The number of carbonyl (C=O) groups is 2. The van der Waals surface area contributed by atoms with Crippen LogP contribution in [0.4, 0.5) is 0 Å². The van der Waals surface area contributed by atoms with Gasteiger partial charge in [0.05, 0.1) is 7.11 Å². The van der Waals surface area contributed by atoms with Gasteiger partial charge in [0.15, 0.2) is 0 Å². The Morgan fingerprint density at radius 2 is 2.09 bits per heavy atom. The van der Waals surface area contributed by atoms with E-state index in [9.17, 15) is 9.59 Å². The van der Waals surface area contributed by atoms with E-state index in [-0.39, 0.29) is 5.92 Å². The summed E-state index contributed by atoms with van der Waals surface area (Å²) in [6.07, 6.45) is 0.523. The summed E-state index contributed by atoms with van der Waals surface area (Å²) in [7, 11) is 1.26. The number of primary amides is 1. The number of methoxy groups -OCH3 is 1. The highest BCUT2D eigenvalue weighted by molar-refractivity contribution is 6.05. The molecule has 11 heavy (non-hydrogen) atoms. The molecule has 1 rings (SSSR count). The maximum absolute atomic E-state index is 11.0. The van der Waals surface area contributed by atoms with Gasteiger partial charge in [0.1, 0.15) is 5.41 Å². The van der Waals surface area contributed by atoms with Crippen molar-refractivity contribution < 1.29 is 14.3 Å². The summed E-state index contributed by atoms with van der Waals surface area (Å²) in [4.78, 5) is 21.8. The molecule has 1 saturated carbocycles. The number of rotatable bonds is 2. The first kappa shape index (κ1) is 8.04. The molecule has 2 atom stereocenters. The van der Waals surface area contributed by atoms with Crippen molar-refractivity contribution in [3.05, 3.63) is 0 Å². The smallest absolute Gasteiger partial charge is 0.321 e. The van der Waals surface area contributed by atoms with Crippen molar-refractivity contribution in [2.75, 3.05) is 7.11 Å². The van der Waals surface area contributed by atoms with Gasteiger partial charge in [-0.2, -0.15) is 0 Å². The fraction of sp³-hybridized carbons (Fsp3) is 0.714. The summed E-state index contributed by atoms with van der Waals surface area (Å²) in [6, 6.07) is 0. The monoisotopic (exact) mass is 157 g/mol. The highest BCUT2D eigenvalue weighted by atomic mass is 16.5. The predicted molar refractivity (Wildman–Crippen MR) is 37.4 cm³/mol. The molecule has 0 heterocycles. The molecule has 0 aromatic carbocycles. The molecule has 0 radical (unpaired) electrons. The predicted octanol–water partition coefficient (Wildman–Crippen LogP) is -0.329. The molecule has 0 aromatic rings. The van der Waals surface area contributed by atoms with Crippen LogP contribution in [0.1, 0.15) is 13.3 Å². The van der Waals surface area contributed by atoms with Crippen LogP contribution in [0.15, 0.2) is 0 Å². The van der Waals surface area contributed by atoms with E-state index in [2.05, 4.69) is 4.74 Å². The number of ether oxygens (including phenoxy) is 1. The van der Waals surface area contributed by atoms with Crippen LogP contribution in [0.2, 0.25) is 0 Å². The quantitative estimate of drug-likeness (QED) is 0.441. The molecule has 2 N–H and O–H groups in total. The molecule has 62 valence electrons. The first-order chi connectivity index (χ1) is 5.05. The molecule has 0 aromatic heterocycles. The minimum Gasteiger partial charge on any atom is -0.468 e. The Labute approximate surface area is 64.7 Å². The van der Waals surface area contributed by atoms with E-state index in [1.165, 1.54) is 7.11 Å². The lowest BCUT2D eigenvalue weighted by atomic mass is 10.0. The number of esters is 1. The van der Waals surface area contributed by atoms with Crippen molar-refractivity contribution in [2.45, 2.75) is 13.3 Å². The highest BCUT2D eigenvalue weighted by Gasteiger charge is 2.63. The standard InChI is InChI=1S/C7H11NO3/c1-4-3-7(4,5(8)9)6(10)11-2/h4H,3H2,1-2H3,(H2,8,9). The average molecular weight is 157 g/mol. The number of nitrogens with two attached hydrogens (primary N) is 1. The first-order valence-electron chi connectivity index (χ1n) is 3.44. The van der Waals surface area contributed by atoms with Gasteiger partial charge in [-0.3, -0.25) is 9.59 Å². The lowest BCUT2D eigenvalue weighted by Gasteiger charge is -2.07. The van der Waals surface area contributed by atoms with E-state index in [1.807, 2.05) is 6.92 Å². The van der Waals surface area contributed by atoms with Gasteiger partial charge in [-0.15, -0.1) is 0 Å².